The van der Waals surface area contributed by atoms with Crippen LogP contribution in [0.15, 0.2) is 59.7 Å². The predicted molar refractivity (Wildman–Crippen MR) is 109 cm³/mol. The molecule has 2 rings (SSSR count). The number of rotatable bonds is 9. The summed E-state index contributed by atoms with van der Waals surface area (Å²) in [5, 5.41) is 6.74. The molecule has 0 spiro atoms. The molecule has 0 fully saturated rings. The van der Waals surface area contributed by atoms with E-state index in [1.807, 2.05) is 24.4 Å². The number of benzene rings is 1. The van der Waals surface area contributed by atoms with Crippen LogP contribution < -0.4 is 10.6 Å². The number of aromatic nitrogens is 1. The number of aliphatic imine (C=N–C) groups is 1. The minimum atomic E-state index is 0.495. The van der Waals surface area contributed by atoms with E-state index in [1.54, 1.807) is 7.05 Å². The summed E-state index contributed by atoms with van der Waals surface area (Å²) in [6, 6.07) is 17.1. The fourth-order valence-corrected chi connectivity index (χ4v) is 2.72. The van der Waals surface area contributed by atoms with Gasteiger partial charge in [-0.25, -0.2) is 0 Å². The third-order valence-corrected chi connectivity index (χ3v) is 4.51. The normalized spacial score (nSPS) is 12.8. The molecule has 0 saturated carbocycles. The van der Waals surface area contributed by atoms with Gasteiger partial charge in [-0.1, -0.05) is 36.4 Å². The molecule has 0 bridgehead atoms. The lowest BCUT2D eigenvalue weighted by Crippen LogP contribution is -2.40. The Labute approximate surface area is 157 Å². The molecule has 0 aliphatic heterocycles. The van der Waals surface area contributed by atoms with Crippen molar-refractivity contribution in [3.63, 3.8) is 0 Å². The molecule has 1 aromatic carbocycles. The van der Waals surface area contributed by atoms with E-state index in [9.17, 15) is 0 Å². The highest BCUT2D eigenvalue weighted by molar-refractivity contribution is 5.79. The second-order valence-electron chi connectivity index (χ2n) is 6.54. The topological polar surface area (TPSA) is 52.6 Å². The number of nitrogens with zero attached hydrogens (tertiary/aromatic N) is 3. The van der Waals surface area contributed by atoms with Gasteiger partial charge in [0.15, 0.2) is 5.96 Å². The zero-order valence-electron chi connectivity index (χ0n) is 16.2. The van der Waals surface area contributed by atoms with E-state index < -0.39 is 0 Å². The molecule has 5 nitrogen and oxygen atoms in total. The molecular weight excluding hydrogens is 322 g/mol. The summed E-state index contributed by atoms with van der Waals surface area (Å²) >= 11 is 0. The second-order valence-corrected chi connectivity index (χ2v) is 6.54. The van der Waals surface area contributed by atoms with Crippen LogP contribution in [0.3, 0.4) is 0 Å². The fourth-order valence-electron chi connectivity index (χ4n) is 2.72. The maximum Gasteiger partial charge on any atom is 0.190 e. The Hall–Kier alpha value is -2.40. The average Bonchev–Trinajstić information content (AvgIpc) is 2.68. The molecule has 140 valence electrons. The van der Waals surface area contributed by atoms with Gasteiger partial charge in [-0.2, -0.15) is 0 Å². The van der Waals surface area contributed by atoms with Crippen LogP contribution >= 0.6 is 0 Å². The van der Waals surface area contributed by atoms with Gasteiger partial charge in [0.1, 0.15) is 0 Å². The average molecular weight is 354 g/mol. The molecule has 1 aromatic heterocycles. The smallest absolute Gasteiger partial charge is 0.190 e. The molecule has 26 heavy (non-hydrogen) atoms. The van der Waals surface area contributed by atoms with Gasteiger partial charge >= 0.3 is 0 Å². The summed E-state index contributed by atoms with van der Waals surface area (Å²) in [4.78, 5) is 11.0. The Morgan fingerprint density at radius 3 is 2.50 bits per heavy atom. The van der Waals surface area contributed by atoms with Gasteiger partial charge in [0.05, 0.1) is 0 Å². The van der Waals surface area contributed by atoms with Crippen molar-refractivity contribution in [2.45, 2.75) is 32.4 Å². The van der Waals surface area contributed by atoms with Gasteiger partial charge < -0.3 is 10.6 Å². The van der Waals surface area contributed by atoms with E-state index in [0.717, 1.165) is 44.1 Å². The van der Waals surface area contributed by atoms with E-state index in [2.05, 4.69) is 69.8 Å². The summed E-state index contributed by atoms with van der Waals surface area (Å²) in [6.45, 7) is 4.95. The van der Waals surface area contributed by atoms with Crippen LogP contribution in [0.1, 0.15) is 24.6 Å². The van der Waals surface area contributed by atoms with Gasteiger partial charge in [-0.3, -0.25) is 14.9 Å². The van der Waals surface area contributed by atoms with Crippen molar-refractivity contribution in [1.82, 2.24) is 20.5 Å². The Bertz CT molecular complexity index is 642. The van der Waals surface area contributed by atoms with Crippen LogP contribution in [0, 0.1) is 0 Å². The van der Waals surface area contributed by atoms with E-state index in [4.69, 9.17) is 0 Å². The van der Waals surface area contributed by atoms with Crippen molar-refractivity contribution in [1.29, 1.82) is 0 Å². The Morgan fingerprint density at radius 1 is 1.08 bits per heavy atom. The number of nitrogens with one attached hydrogen (secondary N) is 2. The third kappa shape index (κ3) is 7.23. The van der Waals surface area contributed by atoms with Crippen molar-refractivity contribution in [2.75, 3.05) is 27.2 Å². The van der Waals surface area contributed by atoms with Crippen molar-refractivity contribution in [3.05, 3.63) is 66.0 Å². The number of hydrogen-bond acceptors (Lipinski definition) is 3. The zero-order chi connectivity index (χ0) is 18.6. The fraction of sp³-hybridized carbons (Fsp3) is 0.429. The first-order valence-electron chi connectivity index (χ1n) is 9.27. The van der Waals surface area contributed by atoms with Crippen LogP contribution in [-0.4, -0.2) is 49.1 Å². The minimum Gasteiger partial charge on any atom is -0.356 e. The lowest BCUT2D eigenvalue weighted by molar-refractivity contribution is 0.238. The maximum atomic E-state index is 4.33. The highest BCUT2D eigenvalue weighted by atomic mass is 15.2. The first kappa shape index (κ1) is 19.9. The van der Waals surface area contributed by atoms with E-state index >= 15 is 0 Å². The first-order chi connectivity index (χ1) is 12.7. The number of pyridine rings is 1. The van der Waals surface area contributed by atoms with Crippen LogP contribution in [-0.2, 0) is 13.0 Å². The minimum absolute atomic E-state index is 0.495. The lowest BCUT2D eigenvalue weighted by atomic mass is 10.1. The number of guanidine groups is 1. The monoisotopic (exact) mass is 353 g/mol. The molecule has 0 aliphatic carbocycles. The van der Waals surface area contributed by atoms with Gasteiger partial charge in [0, 0.05) is 51.0 Å². The van der Waals surface area contributed by atoms with Crippen molar-refractivity contribution >= 4 is 5.96 Å². The lowest BCUT2D eigenvalue weighted by Gasteiger charge is -2.25. The van der Waals surface area contributed by atoms with Crippen molar-refractivity contribution in [3.8, 4) is 0 Å². The summed E-state index contributed by atoms with van der Waals surface area (Å²) in [5.74, 6) is 0.846. The van der Waals surface area contributed by atoms with Crippen LogP contribution in [0.25, 0.3) is 0 Å². The van der Waals surface area contributed by atoms with Gasteiger partial charge in [0.2, 0.25) is 0 Å². The first-order valence-corrected chi connectivity index (χ1v) is 9.27. The summed E-state index contributed by atoms with van der Waals surface area (Å²) < 4.78 is 0. The molecule has 1 heterocycles. The van der Waals surface area contributed by atoms with Crippen molar-refractivity contribution < 1.29 is 0 Å². The molecule has 0 radical (unpaired) electrons. The predicted octanol–water partition coefficient (Wildman–Crippen LogP) is 2.70. The summed E-state index contributed by atoms with van der Waals surface area (Å²) in [7, 11) is 3.98. The van der Waals surface area contributed by atoms with E-state index in [1.165, 1.54) is 5.56 Å². The van der Waals surface area contributed by atoms with Crippen LogP contribution in [0.5, 0.6) is 0 Å². The second kappa shape index (κ2) is 11.3. The molecule has 2 aromatic rings. The molecular formula is C21H31N5. The molecule has 1 atom stereocenters. The van der Waals surface area contributed by atoms with Crippen LogP contribution in [0.2, 0.25) is 0 Å². The van der Waals surface area contributed by atoms with Gasteiger partial charge in [0.25, 0.3) is 0 Å². The molecule has 0 amide bonds. The molecule has 2 N–H and O–H groups in total. The largest absolute Gasteiger partial charge is 0.356 e. The number of hydrogen-bond donors (Lipinski definition) is 2. The van der Waals surface area contributed by atoms with Gasteiger partial charge in [-0.15, -0.1) is 0 Å². The Balaban J connectivity index is 1.64. The quantitative estimate of drug-likeness (QED) is 0.538. The summed E-state index contributed by atoms with van der Waals surface area (Å²) in [5.41, 5.74) is 2.44. The molecule has 0 aliphatic rings. The molecule has 5 heteroatoms. The standard InChI is InChI=1S/C21H31N5/c1-18(26(3)17-19-9-5-4-6-10-19)12-15-24-21(22-2)25-16-13-20-11-7-8-14-23-20/h4-11,14,18H,12-13,15-17H2,1-3H3,(H2,22,24,25). The van der Waals surface area contributed by atoms with E-state index in [0.29, 0.717) is 6.04 Å². The molecule has 1 unspecified atom stereocenters. The van der Waals surface area contributed by atoms with Crippen molar-refractivity contribution in [2.24, 2.45) is 4.99 Å². The van der Waals surface area contributed by atoms with Crippen LogP contribution in [0.4, 0.5) is 0 Å². The zero-order valence-corrected chi connectivity index (χ0v) is 16.2. The SMILES string of the molecule is CN=C(NCCc1ccccn1)NCCC(C)N(C)Cc1ccccc1. The Kier molecular flexibility index (Phi) is 8.63. The summed E-state index contributed by atoms with van der Waals surface area (Å²) in [6.07, 6.45) is 3.78. The Morgan fingerprint density at radius 2 is 1.81 bits per heavy atom. The molecule has 0 saturated heterocycles. The third-order valence-electron chi connectivity index (χ3n) is 4.51. The van der Waals surface area contributed by atoms with E-state index in [-0.39, 0.29) is 0 Å². The highest BCUT2D eigenvalue weighted by Crippen LogP contribution is 2.07. The van der Waals surface area contributed by atoms with Gasteiger partial charge in [-0.05, 0) is 38.1 Å². The maximum absolute atomic E-state index is 4.33. The highest BCUT2D eigenvalue weighted by Gasteiger charge is 2.09.